The molecule has 4 aliphatic rings. The first-order valence-corrected chi connectivity index (χ1v) is 10.4. The molecule has 3 heteroatoms. The number of ketones is 1. The number of esters is 1. The van der Waals surface area contributed by atoms with Crippen molar-refractivity contribution < 1.29 is 14.3 Å². The maximum atomic E-state index is 11.8. The van der Waals surface area contributed by atoms with Gasteiger partial charge in [0, 0.05) is 18.8 Å². The molecule has 0 spiro atoms. The van der Waals surface area contributed by atoms with Crippen LogP contribution >= 0.6 is 0 Å². The van der Waals surface area contributed by atoms with Gasteiger partial charge < -0.3 is 4.74 Å². The Hall–Kier alpha value is -1.56. The average Bonchev–Trinajstić information content (AvgIpc) is 2.95. The molecule has 0 heterocycles. The molecule has 0 radical (unpaired) electrons. The fourth-order valence-electron chi connectivity index (χ4n) is 7.36. The molecular formula is C23H30O3. The number of hydrogen-bond acceptors (Lipinski definition) is 3. The summed E-state index contributed by atoms with van der Waals surface area (Å²) in [5, 5.41) is 0. The first kappa shape index (κ1) is 17.8. The van der Waals surface area contributed by atoms with Gasteiger partial charge in [-0.15, -0.1) is 6.42 Å². The fraction of sp³-hybridized carbons (Fsp3) is 0.739. The molecule has 3 fully saturated rings. The van der Waals surface area contributed by atoms with Crippen LogP contribution in [0.25, 0.3) is 0 Å². The van der Waals surface area contributed by atoms with Gasteiger partial charge in [-0.3, -0.25) is 9.59 Å². The zero-order valence-electron chi connectivity index (χ0n) is 16.1. The van der Waals surface area contributed by atoms with Crippen molar-refractivity contribution in [2.24, 2.45) is 29.1 Å². The van der Waals surface area contributed by atoms with Crippen LogP contribution in [0.4, 0.5) is 0 Å². The number of carbonyl (C=O) groups is 2. The molecule has 0 N–H and O–H groups in total. The zero-order valence-corrected chi connectivity index (χ0v) is 16.1. The molecule has 0 aromatic rings. The molecule has 0 aromatic carbocycles. The lowest BCUT2D eigenvalue weighted by atomic mass is 9.49. The van der Waals surface area contributed by atoms with E-state index < -0.39 is 5.60 Å². The highest BCUT2D eigenvalue weighted by atomic mass is 16.6. The van der Waals surface area contributed by atoms with Gasteiger partial charge in [0.1, 0.15) is 0 Å². The molecule has 0 bridgehead atoms. The summed E-state index contributed by atoms with van der Waals surface area (Å²) in [6.07, 6.45) is 17.0. The molecule has 6 atom stereocenters. The van der Waals surface area contributed by atoms with Crippen molar-refractivity contribution in [1.29, 1.82) is 0 Å². The van der Waals surface area contributed by atoms with Crippen LogP contribution in [0.15, 0.2) is 11.6 Å². The Morgan fingerprint density at radius 3 is 2.73 bits per heavy atom. The van der Waals surface area contributed by atoms with E-state index in [1.807, 2.05) is 6.08 Å². The first-order valence-electron chi connectivity index (χ1n) is 10.4. The SMILES string of the molecule is C#C[C@@]1(OC(C)=O)CC[C@H]2[C@@H]3CCC4=CC(=O)CC[C@@H]4[C@H]3CC[C@@]21CC. The van der Waals surface area contributed by atoms with Crippen molar-refractivity contribution in [2.45, 2.75) is 77.2 Å². The van der Waals surface area contributed by atoms with E-state index in [1.54, 1.807) is 0 Å². The second-order valence-corrected chi connectivity index (χ2v) is 8.96. The van der Waals surface area contributed by atoms with Gasteiger partial charge in [0.05, 0.1) is 0 Å². The van der Waals surface area contributed by atoms with Gasteiger partial charge in [0.2, 0.25) is 0 Å². The van der Waals surface area contributed by atoms with Crippen molar-refractivity contribution in [3.05, 3.63) is 11.6 Å². The Kier molecular flexibility index (Phi) is 4.29. The van der Waals surface area contributed by atoms with Gasteiger partial charge in [-0.05, 0) is 81.1 Å². The molecular weight excluding hydrogens is 324 g/mol. The highest BCUT2D eigenvalue weighted by Crippen LogP contribution is 2.67. The van der Waals surface area contributed by atoms with Crippen LogP contribution in [0.3, 0.4) is 0 Å². The van der Waals surface area contributed by atoms with Crippen LogP contribution < -0.4 is 0 Å². The van der Waals surface area contributed by atoms with E-state index in [9.17, 15) is 9.59 Å². The molecule has 4 rings (SSSR count). The van der Waals surface area contributed by atoms with E-state index >= 15 is 0 Å². The van der Waals surface area contributed by atoms with Crippen LogP contribution in [0.5, 0.6) is 0 Å². The van der Waals surface area contributed by atoms with E-state index in [-0.39, 0.29) is 11.4 Å². The van der Waals surface area contributed by atoms with Crippen LogP contribution in [-0.2, 0) is 14.3 Å². The zero-order chi connectivity index (χ0) is 18.5. The number of ether oxygens (including phenoxy) is 1. The van der Waals surface area contributed by atoms with Gasteiger partial charge >= 0.3 is 5.97 Å². The first-order chi connectivity index (χ1) is 12.5. The number of fused-ring (bicyclic) bond motifs is 5. The summed E-state index contributed by atoms with van der Waals surface area (Å²) in [5.74, 6) is 5.49. The topological polar surface area (TPSA) is 43.4 Å². The molecule has 0 amide bonds. The van der Waals surface area contributed by atoms with Crippen LogP contribution in [0.2, 0.25) is 0 Å². The predicted molar refractivity (Wildman–Crippen MR) is 100 cm³/mol. The van der Waals surface area contributed by atoms with Gasteiger partial charge in [-0.2, -0.15) is 0 Å². The van der Waals surface area contributed by atoms with Crippen molar-refractivity contribution in [1.82, 2.24) is 0 Å². The minimum atomic E-state index is -0.720. The standard InChI is InChI=1S/C23H30O3/c1-4-22-12-10-19-18-9-7-17(25)14-16(18)6-8-20(19)21(22)11-13-23(22,5-2)26-15(3)24/h2,14,18-21H,4,6-13H2,1,3H3/t18-,19+,20+,21-,22-,23+/m0/s1. The van der Waals surface area contributed by atoms with E-state index in [1.165, 1.54) is 12.5 Å². The number of terminal acetylenes is 1. The minimum Gasteiger partial charge on any atom is -0.445 e. The molecule has 0 saturated heterocycles. The third-order valence-corrected chi connectivity index (χ3v) is 8.30. The quantitative estimate of drug-likeness (QED) is 0.543. The third kappa shape index (κ3) is 2.34. The smallest absolute Gasteiger partial charge is 0.304 e. The number of allylic oxidation sites excluding steroid dienone is 1. The van der Waals surface area contributed by atoms with Crippen molar-refractivity contribution in [3.8, 4) is 12.3 Å². The summed E-state index contributed by atoms with van der Waals surface area (Å²) in [6, 6.07) is 0. The molecule has 0 aromatic heterocycles. The van der Waals surface area contributed by atoms with Crippen LogP contribution in [-0.4, -0.2) is 17.4 Å². The summed E-state index contributed by atoms with van der Waals surface area (Å²) < 4.78 is 5.88. The summed E-state index contributed by atoms with van der Waals surface area (Å²) in [4.78, 5) is 23.7. The Morgan fingerprint density at radius 2 is 2.04 bits per heavy atom. The molecule has 3 saturated carbocycles. The Morgan fingerprint density at radius 1 is 1.23 bits per heavy atom. The Labute approximate surface area is 156 Å². The van der Waals surface area contributed by atoms with Gasteiger partial charge in [0.15, 0.2) is 11.4 Å². The number of rotatable bonds is 2. The molecule has 0 aliphatic heterocycles. The van der Waals surface area contributed by atoms with Crippen molar-refractivity contribution >= 4 is 11.8 Å². The summed E-state index contributed by atoms with van der Waals surface area (Å²) in [7, 11) is 0. The number of hydrogen-bond donors (Lipinski definition) is 0. The van der Waals surface area contributed by atoms with Crippen molar-refractivity contribution in [3.63, 3.8) is 0 Å². The maximum Gasteiger partial charge on any atom is 0.304 e. The van der Waals surface area contributed by atoms with E-state index in [0.717, 1.165) is 51.4 Å². The molecule has 140 valence electrons. The minimum absolute atomic E-state index is 0.0692. The molecule has 0 unspecified atom stereocenters. The lowest BCUT2D eigenvalue weighted by Crippen LogP contribution is -2.55. The lowest BCUT2D eigenvalue weighted by molar-refractivity contribution is -0.170. The lowest BCUT2D eigenvalue weighted by Gasteiger charge is -2.56. The molecule has 4 aliphatic carbocycles. The van der Waals surface area contributed by atoms with Crippen molar-refractivity contribution in [2.75, 3.05) is 0 Å². The Bertz CT molecular complexity index is 699. The highest BCUT2D eigenvalue weighted by molar-refractivity contribution is 5.91. The summed E-state index contributed by atoms with van der Waals surface area (Å²) in [5.41, 5.74) is 0.620. The average molecular weight is 354 g/mol. The van der Waals surface area contributed by atoms with Crippen LogP contribution in [0.1, 0.15) is 71.6 Å². The molecule has 26 heavy (non-hydrogen) atoms. The molecule has 3 nitrogen and oxygen atoms in total. The fourth-order valence-corrected chi connectivity index (χ4v) is 7.36. The highest BCUT2D eigenvalue weighted by Gasteiger charge is 2.65. The summed E-state index contributed by atoms with van der Waals surface area (Å²) in [6.45, 7) is 3.71. The second kappa shape index (κ2) is 6.25. The van der Waals surface area contributed by atoms with E-state index in [4.69, 9.17) is 11.2 Å². The monoisotopic (exact) mass is 354 g/mol. The third-order valence-electron chi connectivity index (χ3n) is 8.30. The van der Waals surface area contributed by atoms with Gasteiger partial charge in [-0.1, -0.05) is 18.4 Å². The van der Waals surface area contributed by atoms with Crippen LogP contribution in [0, 0.1) is 41.4 Å². The van der Waals surface area contributed by atoms with Gasteiger partial charge in [0.25, 0.3) is 0 Å². The predicted octanol–water partition coefficient (Wildman–Crippen LogP) is 4.45. The maximum absolute atomic E-state index is 11.8. The van der Waals surface area contributed by atoms with E-state index in [0.29, 0.717) is 35.9 Å². The second-order valence-electron chi connectivity index (χ2n) is 8.96. The normalized spacial score (nSPS) is 44.2. The largest absolute Gasteiger partial charge is 0.445 e. The summed E-state index contributed by atoms with van der Waals surface area (Å²) >= 11 is 0. The number of carbonyl (C=O) groups excluding carboxylic acids is 2. The van der Waals surface area contributed by atoms with Gasteiger partial charge in [-0.25, -0.2) is 0 Å². The van der Waals surface area contributed by atoms with E-state index in [2.05, 4.69) is 12.8 Å². The Balaban J connectivity index is 1.68.